The standard InChI is InChI=1S/C11H17N3/c1-3-4-9(2)14-8-13-7-11(14)10-5-12-6-10/h3,7-10,12H,1,4-6H2,2H3. The molecule has 1 aliphatic rings. The van der Waals surface area contributed by atoms with Crippen LogP contribution in [0.1, 0.15) is 31.0 Å². The number of nitrogens with zero attached hydrogens (tertiary/aromatic N) is 2. The highest BCUT2D eigenvalue weighted by molar-refractivity contribution is 5.12. The van der Waals surface area contributed by atoms with Crippen molar-refractivity contribution in [1.29, 1.82) is 0 Å². The molecule has 0 bridgehead atoms. The molecule has 1 aromatic rings. The number of hydrogen-bond acceptors (Lipinski definition) is 2. The van der Waals surface area contributed by atoms with E-state index in [0.717, 1.165) is 19.5 Å². The zero-order valence-corrected chi connectivity index (χ0v) is 8.61. The fourth-order valence-corrected chi connectivity index (χ4v) is 1.85. The second-order valence-corrected chi connectivity index (χ2v) is 3.95. The molecule has 0 spiro atoms. The van der Waals surface area contributed by atoms with Gasteiger partial charge in [0.2, 0.25) is 0 Å². The number of allylic oxidation sites excluding steroid dienone is 1. The third-order valence-electron chi connectivity index (χ3n) is 2.88. The maximum Gasteiger partial charge on any atom is 0.0950 e. The molecular formula is C11H17N3. The third-order valence-corrected chi connectivity index (χ3v) is 2.88. The normalized spacial score (nSPS) is 18.9. The number of nitrogens with one attached hydrogen (secondary N) is 1. The van der Waals surface area contributed by atoms with Crippen LogP contribution in [0.2, 0.25) is 0 Å². The molecule has 1 saturated heterocycles. The Bertz CT molecular complexity index is 312. The van der Waals surface area contributed by atoms with Gasteiger partial charge in [-0.3, -0.25) is 0 Å². The average molecular weight is 191 g/mol. The fraction of sp³-hybridized carbons (Fsp3) is 0.545. The molecule has 14 heavy (non-hydrogen) atoms. The van der Waals surface area contributed by atoms with Crippen LogP contribution in [0.25, 0.3) is 0 Å². The molecule has 0 amide bonds. The van der Waals surface area contributed by atoms with E-state index in [1.165, 1.54) is 5.69 Å². The zero-order valence-electron chi connectivity index (χ0n) is 8.61. The summed E-state index contributed by atoms with van der Waals surface area (Å²) >= 11 is 0. The van der Waals surface area contributed by atoms with Crippen LogP contribution in [-0.2, 0) is 0 Å². The largest absolute Gasteiger partial charge is 0.331 e. The highest BCUT2D eigenvalue weighted by atomic mass is 15.1. The van der Waals surface area contributed by atoms with Crippen molar-refractivity contribution in [2.75, 3.05) is 13.1 Å². The smallest absolute Gasteiger partial charge is 0.0950 e. The first-order chi connectivity index (χ1) is 6.83. The Hall–Kier alpha value is -1.09. The van der Waals surface area contributed by atoms with Gasteiger partial charge in [0.05, 0.1) is 6.33 Å². The Morgan fingerprint density at radius 1 is 1.79 bits per heavy atom. The maximum absolute atomic E-state index is 4.23. The van der Waals surface area contributed by atoms with Crippen LogP contribution >= 0.6 is 0 Å². The lowest BCUT2D eigenvalue weighted by atomic mass is 9.99. The maximum atomic E-state index is 4.23. The van der Waals surface area contributed by atoms with Gasteiger partial charge in [-0.25, -0.2) is 4.98 Å². The van der Waals surface area contributed by atoms with E-state index in [9.17, 15) is 0 Å². The van der Waals surface area contributed by atoms with Crippen molar-refractivity contribution in [3.05, 3.63) is 30.9 Å². The highest BCUT2D eigenvalue weighted by Gasteiger charge is 2.23. The van der Waals surface area contributed by atoms with Crippen LogP contribution < -0.4 is 5.32 Å². The van der Waals surface area contributed by atoms with Gasteiger partial charge >= 0.3 is 0 Å². The van der Waals surface area contributed by atoms with Gasteiger partial charge in [-0.2, -0.15) is 0 Å². The molecule has 1 atom stereocenters. The molecule has 1 aromatic heterocycles. The number of rotatable bonds is 4. The minimum atomic E-state index is 0.477. The summed E-state index contributed by atoms with van der Waals surface area (Å²) in [6.07, 6.45) is 6.89. The second-order valence-electron chi connectivity index (χ2n) is 3.95. The minimum Gasteiger partial charge on any atom is -0.331 e. The van der Waals surface area contributed by atoms with E-state index in [0.29, 0.717) is 12.0 Å². The molecule has 2 heterocycles. The lowest BCUT2D eigenvalue weighted by molar-refractivity contribution is 0.408. The molecule has 3 heteroatoms. The topological polar surface area (TPSA) is 29.9 Å². The quantitative estimate of drug-likeness (QED) is 0.734. The Balaban J connectivity index is 2.15. The van der Waals surface area contributed by atoms with Crippen molar-refractivity contribution in [1.82, 2.24) is 14.9 Å². The molecule has 0 radical (unpaired) electrons. The minimum absolute atomic E-state index is 0.477. The van der Waals surface area contributed by atoms with Gasteiger partial charge in [0.15, 0.2) is 0 Å². The SMILES string of the molecule is C=CCC(C)n1cncc1C1CNC1. The van der Waals surface area contributed by atoms with E-state index < -0.39 is 0 Å². The summed E-state index contributed by atoms with van der Waals surface area (Å²) in [5.41, 5.74) is 1.36. The van der Waals surface area contributed by atoms with E-state index in [-0.39, 0.29) is 0 Å². The van der Waals surface area contributed by atoms with Crippen LogP contribution in [-0.4, -0.2) is 22.6 Å². The summed E-state index contributed by atoms with van der Waals surface area (Å²) in [4.78, 5) is 4.23. The molecule has 2 rings (SSSR count). The molecule has 3 nitrogen and oxygen atoms in total. The van der Waals surface area contributed by atoms with E-state index in [1.807, 2.05) is 18.6 Å². The van der Waals surface area contributed by atoms with Crippen LogP contribution in [0.5, 0.6) is 0 Å². The fourth-order valence-electron chi connectivity index (χ4n) is 1.85. The molecule has 1 aliphatic heterocycles. The van der Waals surface area contributed by atoms with Gasteiger partial charge in [-0.1, -0.05) is 6.08 Å². The molecule has 1 N–H and O–H groups in total. The van der Waals surface area contributed by atoms with Crippen LogP contribution in [0.4, 0.5) is 0 Å². The molecule has 0 saturated carbocycles. The number of imidazole rings is 1. The molecule has 0 aliphatic carbocycles. The summed E-state index contributed by atoms with van der Waals surface area (Å²) in [7, 11) is 0. The van der Waals surface area contributed by atoms with E-state index in [1.54, 1.807) is 0 Å². The molecule has 1 fully saturated rings. The predicted octanol–water partition coefficient (Wildman–Crippen LogP) is 1.71. The van der Waals surface area contributed by atoms with Gasteiger partial charge in [-0.05, 0) is 13.3 Å². The Morgan fingerprint density at radius 2 is 2.57 bits per heavy atom. The summed E-state index contributed by atoms with van der Waals surface area (Å²) in [5, 5.41) is 3.29. The first-order valence-electron chi connectivity index (χ1n) is 5.16. The van der Waals surface area contributed by atoms with Crippen molar-refractivity contribution in [3.8, 4) is 0 Å². The summed E-state index contributed by atoms with van der Waals surface area (Å²) < 4.78 is 2.27. The average Bonchev–Trinajstić information content (AvgIpc) is 2.50. The lowest BCUT2D eigenvalue weighted by Crippen LogP contribution is -2.41. The Labute approximate surface area is 84.8 Å². The molecular weight excluding hydrogens is 174 g/mol. The summed E-state index contributed by atoms with van der Waals surface area (Å²) in [5.74, 6) is 0.657. The zero-order chi connectivity index (χ0) is 9.97. The Kier molecular flexibility index (Phi) is 2.68. The van der Waals surface area contributed by atoms with Crippen molar-refractivity contribution in [2.45, 2.75) is 25.3 Å². The predicted molar refractivity (Wildman–Crippen MR) is 57.4 cm³/mol. The molecule has 76 valence electrons. The number of aromatic nitrogens is 2. The van der Waals surface area contributed by atoms with E-state index >= 15 is 0 Å². The molecule has 1 unspecified atom stereocenters. The summed E-state index contributed by atoms with van der Waals surface area (Å²) in [6.45, 7) is 8.16. The van der Waals surface area contributed by atoms with Gasteiger partial charge in [0.25, 0.3) is 0 Å². The van der Waals surface area contributed by atoms with Crippen molar-refractivity contribution in [3.63, 3.8) is 0 Å². The van der Waals surface area contributed by atoms with Crippen LogP contribution in [0.15, 0.2) is 25.2 Å². The molecule has 0 aromatic carbocycles. The van der Waals surface area contributed by atoms with E-state index in [4.69, 9.17) is 0 Å². The van der Waals surface area contributed by atoms with E-state index in [2.05, 4.69) is 28.4 Å². The first-order valence-corrected chi connectivity index (χ1v) is 5.16. The van der Waals surface area contributed by atoms with Crippen LogP contribution in [0.3, 0.4) is 0 Å². The van der Waals surface area contributed by atoms with Crippen LogP contribution in [0, 0.1) is 0 Å². The Morgan fingerprint density at radius 3 is 3.14 bits per heavy atom. The first kappa shape index (κ1) is 9.46. The van der Waals surface area contributed by atoms with Gasteiger partial charge < -0.3 is 9.88 Å². The summed E-state index contributed by atoms with van der Waals surface area (Å²) in [6, 6.07) is 0.477. The van der Waals surface area contributed by atoms with Crippen molar-refractivity contribution < 1.29 is 0 Å². The highest BCUT2D eigenvalue weighted by Crippen LogP contribution is 2.23. The van der Waals surface area contributed by atoms with Gasteiger partial charge in [-0.15, -0.1) is 6.58 Å². The van der Waals surface area contributed by atoms with Crippen molar-refractivity contribution in [2.24, 2.45) is 0 Å². The third kappa shape index (κ3) is 1.60. The van der Waals surface area contributed by atoms with Gasteiger partial charge in [0, 0.05) is 36.9 Å². The number of hydrogen-bond donors (Lipinski definition) is 1. The van der Waals surface area contributed by atoms with Gasteiger partial charge in [0.1, 0.15) is 0 Å². The monoisotopic (exact) mass is 191 g/mol. The second kappa shape index (κ2) is 3.96. The lowest BCUT2D eigenvalue weighted by Gasteiger charge is -2.29. The van der Waals surface area contributed by atoms with Crippen molar-refractivity contribution >= 4 is 0 Å².